The van der Waals surface area contributed by atoms with Gasteiger partial charge in [-0.25, -0.2) is 9.97 Å². The maximum atomic E-state index is 11.1. The molecule has 0 aliphatic rings. The van der Waals surface area contributed by atoms with Crippen LogP contribution in [0.15, 0.2) is 18.5 Å². The normalized spacial score (nSPS) is 8.73. The van der Waals surface area contributed by atoms with Crippen LogP contribution in [0.25, 0.3) is 0 Å². The maximum Gasteiger partial charge on any atom is 0.316 e. The van der Waals surface area contributed by atoms with E-state index in [4.69, 9.17) is 5.26 Å². The number of aromatic nitrogens is 2. The van der Waals surface area contributed by atoms with Gasteiger partial charge in [-0.1, -0.05) is 0 Å². The van der Waals surface area contributed by atoms with Crippen molar-refractivity contribution in [2.45, 2.75) is 0 Å². The molecule has 0 radical (unpaired) electrons. The van der Waals surface area contributed by atoms with E-state index in [1.165, 1.54) is 12.4 Å². The van der Waals surface area contributed by atoms with E-state index >= 15 is 0 Å². The predicted octanol–water partition coefficient (Wildman–Crippen LogP) is -0.945. The van der Waals surface area contributed by atoms with Gasteiger partial charge in [-0.3, -0.25) is 14.9 Å². The van der Waals surface area contributed by atoms with Crippen molar-refractivity contribution in [2.24, 2.45) is 0 Å². The molecule has 76 valence electrons. The van der Waals surface area contributed by atoms with Crippen LogP contribution in [0.1, 0.15) is 0 Å². The summed E-state index contributed by atoms with van der Waals surface area (Å²) in [4.78, 5) is 29.5. The predicted molar refractivity (Wildman–Crippen MR) is 49.3 cm³/mol. The van der Waals surface area contributed by atoms with Crippen LogP contribution in [0, 0.1) is 11.3 Å². The van der Waals surface area contributed by atoms with Crippen molar-refractivity contribution in [3.8, 4) is 6.07 Å². The Labute approximate surface area is 85.1 Å². The first-order valence-corrected chi connectivity index (χ1v) is 3.97. The van der Waals surface area contributed by atoms with E-state index in [-0.39, 0.29) is 12.5 Å². The second-order valence-electron chi connectivity index (χ2n) is 2.37. The number of nitriles is 1. The van der Waals surface area contributed by atoms with Crippen LogP contribution < -0.4 is 10.6 Å². The standard InChI is InChI=1S/C8H7N5O2/c9-2-5-10-6(14)7(15)13-8-11-3-1-4-12-8/h1,3-4H,5H2,(H,10,14)(H,11,12,13,15). The van der Waals surface area contributed by atoms with Gasteiger partial charge in [-0.05, 0) is 6.07 Å². The van der Waals surface area contributed by atoms with Crippen molar-refractivity contribution in [1.82, 2.24) is 15.3 Å². The quantitative estimate of drug-likeness (QED) is 0.478. The molecule has 0 saturated heterocycles. The van der Waals surface area contributed by atoms with Crippen LogP contribution in [0.3, 0.4) is 0 Å². The van der Waals surface area contributed by atoms with E-state index in [1.54, 1.807) is 12.1 Å². The fourth-order valence-corrected chi connectivity index (χ4v) is 0.722. The largest absolute Gasteiger partial charge is 0.335 e. The molecular weight excluding hydrogens is 198 g/mol. The van der Waals surface area contributed by atoms with Crippen LogP contribution in [-0.4, -0.2) is 28.3 Å². The van der Waals surface area contributed by atoms with Crippen LogP contribution in [0.5, 0.6) is 0 Å². The lowest BCUT2D eigenvalue weighted by molar-refractivity contribution is -0.136. The number of amides is 2. The van der Waals surface area contributed by atoms with E-state index in [0.717, 1.165) is 0 Å². The highest BCUT2D eigenvalue weighted by atomic mass is 16.2. The van der Waals surface area contributed by atoms with E-state index < -0.39 is 11.8 Å². The van der Waals surface area contributed by atoms with Gasteiger partial charge in [0, 0.05) is 12.4 Å². The monoisotopic (exact) mass is 205 g/mol. The molecule has 7 heteroatoms. The lowest BCUT2D eigenvalue weighted by Crippen LogP contribution is -2.35. The van der Waals surface area contributed by atoms with Gasteiger partial charge < -0.3 is 5.32 Å². The molecule has 1 rings (SSSR count). The fourth-order valence-electron chi connectivity index (χ4n) is 0.722. The van der Waals surface area contributed by atoms with Gasteiger partial charge in [-0.15, -0.1) is 0 Å². The Hall–Kier alpha value is -2.49. The van der Waals surface area contributed by atoms with Crippen molar-refractivity contribution in [2.75, 3.05) is 11.9 Å². The second kappa shape index (κ2) is 5.29. The number of hydrogen-bond donors (Lipinski definition) is 2. The summed E-state index contributed by atoms with van der Waals surface area (Å²) in [5.41, 5.74) is 0. The first kappa shape index (κ1) is 10.6. The zero-order chi connectivity index (χ0) is 11.1. The molecule has 0 spiro atoms. The number of carbonyl (C=O) groups excluding carboxylic acids is 2. The molecule has 0 unspecified atom stereocenters. The van der Waals surface area contributed by atoms with Crippen LogP contribution in [0.4, 0.5) is 5.95 Å². The first-order valence-electron chi connectivity index (χ1n) is 3.97. The van der Waals surface area contributed by atoms with E-state index in [9.17, 15) is 9.59 Å². The van der Waals surface area contributed by atoms with Crippen LogP contribution in [0.2, 0.25) is 0 Å². The molecule has 7 nitrogen and oxygen atoms in total. The summed E-state index contributed by atoms with van der Waals surface area (Å²) in [5.74, 6) is -1.77. The molecule has 2 amide bonds. The number of anilines is 1. The molecule has 2 N–H and O–H groups in total. The Morgan fingerprint density at radius 3 is 2.60 bits per heavy atom. The molecule has 15 heavy (non-hydrogen) atoms. The molecule has 0 saturated carbocycles. The van der Waals surface area contributed by atoms with Gasteiger partial charge in [0.2, 0.25) is 5.95 Å². The first-order chi connectivity index (χ1) is 7.24. The van der Waals surface area contributed by atoms with E-state index in [2.05, 4.69) is 20.6 Å². The minimum atomic E-state index is -0.906. The van der Waals surface area contributed by atoms with Crippen molar-refractivity contribution in [1.29, 1.82) is 5.26 Å². The smallest absolute Gasteiger partial charge is 0.316 e. The molecule has 0 aliphatic heterocycles. The molecular formula is C8H7N5O2. The second-order valence-corrected chi connectivity index (χ2v) is 2.37. The lowest BCUT2D eigenvalue weighted by Gasteiger charge is -2.01. The third kappa shape index (κ3) is 3.40. The minimum Gasteiger partial charge on any atom is -0.335 e. The lowest BCUT2D eigenvalue weighted by atomic mass is 10.5. The van der Waals surface area contributed by atoms with Crippen LogP contribution in [-0.2, 0) is 9.59 Å². The van der Waals surface area contributed by atoms with Crippen molar-refractivity contribution >= 4 is 17.8 Å². The Morgan fingerprint density at radius 2 is 2.00 bits per heavy atom. The number of nitrogens with zero attached hydrogens (tertiary/aromatic N) is 3. The molecule has 1 aromatic heterocycles. The summed E-state index contributed by atoms with van der Waals surface area (Å²) in [6.45, 7) is -0.220. The number of rotatable bonds is 2. The number of nitrogens with one attached hydrogen (secondary N) is 2. The van der Waals surface area contributed by atoms with Crippen molar-refractivity contribution in [3.05, 3.63) is 18.5 Å². The molecule has 0 bridgehead atoms. The van der Waals surface area contributed by atoms with Gasteiger partial charge in [0.15, 0.2) is 0 Å². The summed E-state index contributed by atoms with van der Waals surface area (Å²) in [6.07, 6.45) is 2.85. The average molecular weight is 205 g/mol. The Kier molecular flexibility index (Phi) is 3.73. The molecule has 0 atom stereocenters. The summed E-state index contributed by atoms with van der Waals surface area (Å²) in [7, 11) is 0. The molecule has 0 fully saturated rings. The SMILES string of the molecule is N#CCNC(=O)C(=O)Nc1ncccn1. The zero-order valence-corrected chi connectivity index (χ0v) is 7.60. The fraction of sp³-hybridized carbons (Fsp3) is 0.125. The van der Waals surface area contributed by atoms with Gasteiger partial charge in [0.1, 0.15) is 6.54 Å². The molecule has 1 heterocycles. The van der Waals surface area contributed by atoms with Gasteiger partial charge >= 0.3 is 11.8 Å². The number of hydrogen-bond acceptors (Lipinski definition) is 5. The Morgan fingerprint density at radius 1 is 1.33 bits per heavy atom. The van der Waals surface area contributed by atoms with Gasteiger partial charge in [0.05, 0.1) is 6.07 Å². The molecule has 0 aliphatic carbocycles. The zero-order valence-electron chi connectivity index (χ0n) is 7.60. The highest BCUT2D eigenvalue weighted by Crippen LogP contribution is 1.92. The highest BCUT2D eigenvalue weighted by molar-refractivity contribution is 6.39. The summed E-state index contributed by atoms with van der Waals surface area (Å²) < 4.78 is 0. The number of carbonyl (C=O) groups is 2. The molecule has 0 aromatic carbocycles. The van der Waals surface area contributed by atoms with E-state index in [0.29, 0.717) is 0 Å². The van der Waals surface area contributed by atoms with Gasteiger partial charge in [-0.2, -0.15) is 5.26 Å². The maximum absolute atomic E-state index is 11.1. The van der Waals surface area contributed by atoms with Crippen LogP contribution >= 0.6 is 0 Å². The minimum absolute atomic E-state index is 0.0367. The summed E-state index contributed by atoms with van der Waals surface area (Å²) in [5, 5.41) is 12.4. The van der Waals surface area contributed by atoms with E-state index in [1.807, 2.05) is 0 Å². The van der Waals surface area contributed by atoms with Gasteiger partial charge in [0.25, 0.3) is 0 Å². The highest BCUT2D eigenvalue weighted by Gasteiger charge is 2.13. The Balaban J connectivity index is 2.50. The molecule has 1 aromatic rings. The summed E-state index contributed by atoms with van der Waals surface area (Å²) >= 11 is 0. The summed E-state index contributed by atoms with van der Waals surface area (Å²) in [6, 6.07) is 3.25. The topological polar surface area (TPSA) is 108 Å². The van der Waals surface area contributed by atoms with Crippen molar-refractivity contribution < 1.29 is 9.59 Å². The third-order valence-corrected chi connectivity index (χ3v) is 1.33. The Bertz CT molecular complexity index is 397. The average Bonchev–Trinajstić information content (AvgIpc) is 2.27. The third-order valence-electron chi connectivity index (χ3n) is 1.33. The van der Waals surface area contributed by atoms with Crippen molar-refractivity contribution in [3.63, 3.8) is 0 Å².